The summed E-state index contributed by atoms with van der Waals surface area (Å²) in [4.78, 5) is 26.6. The SMILES string of the molecule is COC(=O)c1ccc(OCc2c(-c3ccccc3)noc2C=O)nc1. The van der Waals surface area contributed by atoms with Gasteiger partial charge < -0.3 is 14.0 Å². The highest BCUT2D eigenvalue weighted by molar-refractivity contribution is 5.88. The van der Waals surface area contributed by atoms with Crippen LogP contribution in [0, 0.1) is 0 Å². The Bertz CT molecular complexity index is 872. The Morgan fingerprint density at radius 2 is 2.00 bits per heavy atom. The van der Waals surface area contributed by atoms with Crippen LogP contribution in [0.15, 0.2) is 53.2 Å². The number of aldehydes is 1. The van der Waals surface area contributed by atoms with E-state index < -0.39 is 5.97 Å². The maximum absolute atomic E-state index is 11.4. The van der Waals surface area contributed by atoms with Crippen LogP contribution in [0.2, 0.25) is 0 Å². The lowest BCUT2D eigenvalue weighted by Gasteiger charge is -2.06. The molecule has 0 saturated heterocycles. The second-order valence-corrected chi connectivity index (χ2v) is 5.02. The smallest absolute Gasteiger partial charge is 0.339 e. The fourth-order valence-electron chi connectivity index (χ4n) is 2.23. The molecule has 0 radical (unpaired) electrons. The number of ether oxygens (including phenoxy) is 2. The van der Waals surface area contributed by atoms with Crippen molar-refractivity contribution in [3.05, 3.63) is 65.5 Å². The molecule has 3 rings (SSSR count). The fourth-order valence-corrected chi connectivity index (χ4v) is 2.23. The summed E-state index contributed by atoms with van der Waals surface area (Å²) in [6, 6.07) is 12.4. The van der Waals surface area contributed by atoms with Crippen molar-refractivity contribution in [3.8, 4) is 17.1 Å². The molecule has 1 aromatic carbocycles. The third kappa shape index (κ3) is 3.55. The molecule has 0 amide bonds. The number of carbonyl (C=O) groups excluding carboxylic acids is 2. The largest absolute Gasteiger partial charge is 0.473 e. The summed E-state index contributed by atoms with van der Waals surface area (Å²) in [7, 11) is 1.30. The lowest BCUT2D eigenvalue weighted by molar-refractivity contribution is 0.0600. The van der Waals surface area contributed by atoms with Crippen LogP contribution in [0.25, 0.3) is 11.3 Å². The molecule has 0 spiro atoms. The number of hydrogen-bond donors (Lipinski definition) is 0. The Hall–Kier alpha value is -3.48. The van der Waals surface area contributed by atoms with Gasteiger partial charge in [-0.15, -0.1) is 0 Å². The fraction of sp³-hybridized carbons (Fsp3) is 0.111. The minimum absolute atomic E-state index is 0.0480. The quantitative estimate of drug-likeness (QED) is 0.504. The second kappa shape index (κ2) is 7.39. The summed E-state index contributed by atoms with van der Waals surface area (Å²) < 4.78 is 15.3. The molecule has 0 fully saturated rings. The van der Waals surface area contributed by atoms with E-state index >= 15 is 0 Å². The number of esters is 1. The van der Waals surface area contributed by atoms with Crippen molar-refractivity contribution in [3.63, 3.8) is 0 Å². The highest BCUT2D eigenvalue weighted by Gasteiger charge is 2.18. The Morgan fingerprint density at radius 1 is 1.20 bits per heavy atom. The van der Waals surface area contributed by atoms with E-state index in [2.05, 4.69) is 14.9 Å². The van der Waals surface area contributed by atoms with Crippen molar-refractivity contribution in [2.75, 3.05) is 7.11 Å². The monoisotopic (exact) mass is 338 g/mol. The third-order valence-corrected chi connectivity index (χ3v) is 3.49. The van der Waals surface area contributed by atoms with Gasteiger partial charge in [0.15, 0.2) is 6.29 Å². The number of carbonyl (C=O) groups is 2. The maximum atomic E-state index is 11.4. The van der Waals surface area contributed by atoms with Crippen molar-refractivity contribution < 1.29 is 23.6 Å². The van der Waals surface area contributed by atoms with Gasteiger partial charge in [0, 0.05) is 17.8 Å². The molecule has 0 aliphatic rings. The highest BCUT2D eigenvalue weighted by atomic mass is 16.5. The molecule has 3 aromatic rings. The van der Waals surface area contributed by atoms with Gasteiger partial charge in [-0.2, -0.15) is 0 Å². The zero-order valence-electron chi connectivity index (χ0n) is 13.3. The molecule has 0 N–H and O–H groups in total. The van der Waals surface area contributed by atoms with Crippen molar-refractivity contribution in [1.29, 1.82) is 0 Å². The summed E-state index contributed by atoms with van der Waals surface area (Å²) >= 11 is 0. The van der Waals surface area contributed by atoms with Crippen molar-refractivity contribution >= 4 is 12.3 Å². The van der Waals surface area contributed by atoms with Gasteiger partial charge in [-0.3, -0.25) is 4.79 Å². The average molecular weight is 338 g/mol. The van der Waals surface area contributed by atoms with Crippen molar-refractivity contribution in [1.82, 2.24) is 10.1 Å². The zero-order chi connectivity index (χ0) is 17.6. The van der Waals surface area contributed by atoms with Crippen LogP contribution < -0.4 is 4.74 Å². The minimum Gasteiger partial charge on any atom is -0.473 e. The molecule has 7 nitrogen and oxygen atoms in total. The molecule has 0 aliphatic heterocycles. The lowest BCUT2D eigenvalue weighted by Crippen LogP contribution is -2.04. The normalized spacial score (nSPS) is 10.3. The van der Waals surface area contributed by atoms with E-state index in [9.17, 15) is 9.59 Å². The molecular formula is C18H14N2O5. The molecule has 0 atom stereocenters. The van der Waals surface area contributed by atoms with Gasteiger partial charge in [-0.1, -0.05) is 35.5 Å². The van der Waals surface area contributed by atoms with E-state index in [4.69, 9.17) is 9.26 Å². The van der Waals surface area contributed by atoms with Crippen LogP contribution in [0.3, 0.4) is 0 Å². The van der Waals surface area contributed by atoms with E-state index in [1.807, 2.05) is 30.3 Å². The van der Waals surface area contributed by atoms with Crippen LogP contribution in [-0.2, 0) is 11.3 Å². The summed E-state index contributed by atoms with van der Waals surface area (Å²) in [5, 5.41) is 3.95. The Morgan fingerprint density at radius 3 is 2.64 bits per heavy atom. The number of pyridine rings is 1. The molecular weight excluding hydrogens is 324 g/mol. The molecule has 2 heterocycles. The van der Waals surface area contributed by atoms with Gasteiger partial charge >= 0.3 is 5.97 Å². The van der Waals surface area contributed by atoms with Crippen LogP contribution in [0.5, 0.6) is 5.88 Å². The number of benzene rings is 1. The van der Waals surface area contributed by atoms with Gasteiger partial charge in [0.2, 0.25) is 11.6 Å². The first-order chi connectivity index (χ1) is 12.2. The Kier molecular flexibility index (Phi) is 4.84. The lowest BCUT2D eigenvalue weighted by atomic mass is 10.1. The van der Waals surface area contributed by atoms with E-state index in [1.54, 1.807) is 12.1 Å². The summed E-state index contributed by atoms with van der Waals surface area (Å²) in [6.07, 6.45) is 1.94. The number of aromatic nitrogens is 2. The molecule has 0 saturated carbocycles. The van der Waals surface area contributed by atoms with E-state index in [1.165, 1.54) is 13.3 Å². The number of methoxy groups -OCH3 is 1. The molecule has 0 unspecified atom stereocenters. The number of nitrogens with zero attached hydrogens (tertiary/aromatic N) is 2. The van der Waals surface area contributed by atoms with Gasteiger partial charge in [0.1, 0.15) is 12.3 Å². The molecule has 7 heteroatoms. The Labute approximate surface area is 143 Å². The first-order valence-corrected chi connectivity index (χ1v) is 7.39. The van der Waals surface area contributed by atoms with Gasteiger partial charge in [-0.25, -0.2) is 9.78 Å². The third-order valence-electron chi connectivity index (χ3n) is 3.49. The Balaban J connectivity index is 1.80. The predicted molar refractivity (Wildman–Crippen MR) is 87.2 cm³/mol. The topological polar surface area (TPSA) is 91.5 Å². The van der Waals surface area contributed by atoms with Gasteiger partial charge in [0.05, 0.1) is 18.2 Å². The van der Waals surface area contributed by atoms with Crippen LogP contribution >= 0.6 is 0 Å². The van der Waals surface area contributed by atoms with Crippen LogP contribution in [0.1, 0.15) is 26.5 Å². The molecule has 126 valence electrons. The summed E-state index contributed by atoms with van der Waals surface area (Å²) in [5.74, 6) is -0.0811. The first-order valence-electron chi connectivity index (χ1n) is 7.39. The molecule has 2 aromatic heterocycles. The minimum atomic E-state index is -0.479. The summed E-state index contributed by atoms with van der Waals surface area (Å²) in [5.41, 5.74) is 2.19. The maximum Gasteiger partial charge on any atom is 0.339 e. The van der Waals surface area contributed by atoms with Crippen LogP contribution in [-0.4, -0.2) is 29.5 Å². The zero-order valence-corrected chi connectivity index (χ0v) is 13.3. The van der Waals surface area contributed by atoms with Crippen molar-refractivity contribution in [2.45, 2.75) is 6.61 Å². The number of rotatable bonds is 6. The average Bonchev–Trinajstić information content (AvgIpc) is 3.09. The van der Waals surface area contributed by atoms with Gasteiger partial charge in [-0.05, 0) is 6.07 Å². The molecule has 25 heavy (non-hydrogen) atoms. The van der Waals surface area contributed by atoms with Gasteiger partial charge in [0.25, 0.3) is 0 Å². The van der Waals surface area contributed by atoms with Crippen molar-refractivity contribution in [2.24, 2.45) is 0 Å². The number of hydrogen-bond acceptors (Lipinski definition) is 7. The molecule has 0 aliphatic carbocycles. The van der Waals surface area contributed by atoms with E-state index in [0.717, 1.165) is 5.56 Å². The van der Waals surface area contributed by atoms with Crippen LogP contribution in [0.4, 0.5) is 0 Å². The summed E-state index contributed by atoms with van der Waals surface area (Å²) in [6.45, 7) is 0.0480. The standard InChI is InChI=1S/C18H14N2O5/c1-23-18(22)13-7-8-16(19-9-13)24-11-14-15(10-21)25-20-17(14)12-5-3-2-4-6-12/h2-10H,11H2,1H3. The predicted octanol–water partition coefficient (Wildman–Crippen LogP) is 2.91. The molecule has 0 bridgehead atoms. The second-order valence-electron chi connectivity index (χ2n) is 5.02. The highest BCUT2D eigenvalue weighted by Crippen LogP contribution is 2.25. The van der Waals surface area contributed by atoms with E-state index in [-0.39, 0.29) is 12.4 Å². The van der Waals surface area contributed by atoms with E-state index in [0.29, 0.717) is 29.0 Å². The first kappa shape index (κ1) is 16.4.